The van der Waals surface area contributed by atoms with Gasteiger partial charge >= 0.3 is 0 Å². The van der Waals surface area contributed by atoms with Crippen LogP contribution in [0.25, 0.3) is 0 Å². The third-order valence-electron chi connectivity index (χ3n) is 5.66. The van der Waals surface area contributed by atoms with E-state index in [1.807, 2.05) is 6.07 Å². The summed E-state index contributed by atoms with van der Waals surface area (Å²) in [5.41, 5.74) is 5.35. The second-order valence-electron chi connectivity index (χ2n) is 7.65. The lowest BCUT2D eigenvalue weighted by molar-refractivity contribution is 0.361. The van der Waals surface area contributed by atoms with Gasteiger partial charge in [-0.25, -0.2) is 0 Å². The summed E-state index contributed by atoms with van der Waals surface area (Å²) in [7, 11) is 0. The van der Waals surface area contributed by atoms with E-state index in [1.54, 1.807) is 6.08 Å². The fraction of sp³-hybridized carbons (Fsp3) is 0.333. The Kier molecular flexibility index (Phi) is 4.58. The lowest BCUT2D eigenvalue weighted by atomic mass is 9.77. The minimum atomic E-state index is 0.351. The van der Waals surface area contributed by atoms with Crippen molar-refractivity contribution in [3.63, 3.8) is 0 Å². The van der Waals surface area contributed by atoms with Crippen LogP contribution in [0, 0.1) is 5.92 Å². The predicted molar refractivity (Wildman–Crippen MR) is 109 cm³/mol. The van der Waals surface area contributed by atoms with E-state index in [1.165, 1.54) is 22.4 Å². The Labute approximate surface area is 156 Å². The summed E-state index contributed by atoms with van der Waals surface area (Å²) in [6.45, 7) is 8.76. The first kappa shape index (κ1) is 17.0. The molecule has 0 bridgehead atoms. The van der Waals surface area contributed by atoms with E-state index >= 15 is 0 Å². The minimum absolute atomic E-state index is 0.351. The quantitative estimate of drug-likeness (QED) is 0.651. The summed E-state index contributed by atoms with van der Waals surface area (Å²) in [4.78, 5) is 0. The molecule has 4 rings (SSSR count). The summed E-state index contributed by atoms with van der Waals surface area (Å²) in [6, 6.07) is 15.9. The van der Waals surface area contributed by atoms with E-state index in [2.05, 4.69) is 74.3 Å². The van der Waals surface area contributed by atoms with Crippen LogP contribution in [0.2, 0.25) is 0 Å². The molecule has 2 heteroatoms. The Bertz CT molecular complexity index is 819. The second-order valence-corrected chi connectivity index (χ2v) is 7.65. The van der Waals surface area contributed by atoms with Crippen LogP contribution in [-0.2, 0) is 0 Å². The van der Waals surface area contributed by atoms with E-state index in [0.29, 0.717) is 30.4 Å². The molecule has 26 heavy (non-hydrogen) atoms. The number of ether oxygens (including phenoxy) is 1. The standard InChI is InChI=1S/C24H27NO/c1-4-14-26-19-12-13-23-22(15-19)20-6-5-7-21(20)24(25-23)18-10-8-17(9-11-18)16(2)3/h4-6,8-13,15-16,20-21,24-25H,1,7,14H2,2-3H3. The first-order chi connectivity index (χ1) is 12.7. The minimum Gasteiger partial charge on any atom is -0.490 e. The van der Waals surface area contributed by atoms with Crippen LogP contribution in [0.15, 0.2) is 67.3 Å². The van der Waals surface area contributed by atoms with Crippen molar-refractivity contribution in [2.24, 2.45) is 5.92 Å². The molecule has 0 fully saturated rings. The maximum absolute atomic E-state index is 5.75. The van der Waals surface area contributed by atoms with Crippen LogP contribution in [0.5, 0.6) is 5.75 Å². The number of rotatable bonds is 5. The Hall–Kier alpha value is -2.48. The van der Waals surface area contributed by atoms with Gasteiger partial charge in [0.2, 0.25) is 0 Å². The Morgan fingerprint density at radius 2 is 2.00 bits per heavy atom. The summed E-state index contributed by atoms with van der Waals surface area (Å²) >= 11 is 0. The van der Waals surface area contributed by atoms with Gasteiger partial charge in [-0.3, -0.25) is 0 Å². The first-order valence-electron chi connectivity index (χ1n) is 9.58. The highest BCUT2D eigenvalue weighted by molar-refractivity contribution is 5.61. The summed E-state index contributed by atoms with van der Waals surface area (Å²) in [5.74, 6) is 2.50. The van der Waals surface area contributed by atoms with Crippen molar-refractivity contribution in [3.05, 3.63) is 84.0 Å². The smallest absolute Gasteiger partial charge is 0.120 e. The normalized spacial score (nSPS) is 23.3. The molecule has 1 heterocycles. The lowest BCUT2D eigenvalue weighted by Gasteiger charge is -2.37. The number of nitrogens with one attached hydrogen (secondary N) is 1. The number of hydrogen-bond donors (Lipinski definition) is 1. The van der Waals surface area contributed by atoms with E-state index in [9.17, 15) is 0 Å². The van der Waals surface area contributed by atoms with Crippen LogP contribution in [-0.4, -0.2) is 6.61 Å². The molecule has 1 N–H and O–H groups in total. The first-order valence-corrected chi connectivity index (χ1v) is 9.58. The van der Waals surface area contributed by atoms with Gasteiger partial charge in [-0.2, -0.15) is 0 Å². The monoisotopic (exact) mass is 345 g/mol. The fourth-order valence-corrected chi connectivity index (χ4v) is 4.24. The van der Waals surface area contributed by atoms with Crippen LogP contribution in [0.4, 0.5) is 5.69 Å². The zero-order valence-electron chi connectivity index (χ0n) is 15.6. The molecule has 1 aliphatic carbocycles. The molecule has 1 aliphatic heterocycles. The molecule has 0 spiro atoms. The molecular formula is C24H27NO. The SMILES string of the molecule is C=CCOc1ccc2c(c1)C1C=CCC1C(c1ccc(C(C)C)cc1)N2. The van der Waals surface area contributed by atoms with E-state index in [4.69, 9.17) is 4.74 Å². The molecule has 134 valence electrons. The number of hydrogen-bond acceptors (Lipinski definition) is 2. The molecule has 0 radical (unpaired) electrons. The maximum atomic E-state index is 5.75. The average molecular weight is 345 g/mol. The van der Waals surface area contributed by atoms with Gasteiger partial charge in [0, 0.05) is 11.6 Å². The molecule has 0 saturated heterocycles. The van der Waals surface area contributed by atoms with Crippen LogP contribution in [0.1, 0.15) is 54.8 Å². The summed E-state index contributed by atoms with van der Waals surface area (Å²) in [6.07, 6.45) is 7.61. The molecule has 0 amide bonds. The topological polar surface area (TPSA) is 21.3 Å². The van der Waals surface area contributed by atoms with Crippen molar-refractivity contribution in [1.29, 1.82) is 0 Å². The number of fused-ring (bicyclic) bond motifs is 3. The van der Waals surface area contributed by atoms with Gasteiger partial charge in [0.1, 0.15) is 12.4 Å². The second kappa shape index (κ2) is 7.03. The van der Waals surface area contributed by atoms with Gasteiger partial charge in [-0.05, 0) is 53.1 Å². The highest BCUT2D eigenvalue weighted by Gasteiger charge is 2.38. The van der Waals surface area contributed by atoms with Gasteiger partial charge in [0.25, 0.3) is 0 Å². The van der Waals surface area contributed by atoms with Crippen molar-refractivity contribution in [3.8, 4) is 5.75 Å². The van der Waals surface area contributed by atoms with Gasteiger partial charge in [0.15, 0.2) is 0 Å². The fourth-order valence-electron chi connectivity index (χ4n) is 4.24. The Balaban J connectivity index is 1.65. The summed E-state index contributed by atoms with van der Waals surface area (Å²) < 4.78 is 5.75. The molecule has 0 aromatic heterocycles. The molecular weight excluding hydrogens is 318 g/mol. The predicted octanol–water partition coefficient (Wildman–Crippen LogP) is 6.20. The van der Waals surface area contributed by atoms with E-state index in [-0.39, 0.29) is 0 Å². The number of anilines is 1. The molecule has 3 atom stereocenters. The molecule has 0 saturated carbocycles. The van der Waals surface area contributed by atoms with E-state index < -0.39 is 0 Å². The van der Waals surface area contributed by atoms with Crippen molar-refractivity contribution in [1.82, 2.24) is 0 Å². The van der Waals surface area contributed by atoms with Gasteiger partial charge in [-0.15, -0.1) is 0 Å². The molecule has 2 nitrogen and oxygen atoms in total. The number of allylic oxidation sites excluding steroid dienone is 2. The van der Waals surface area contributed by atoms with Gasteiger partial charge < -0.3 is 10.1 Å². The van der Waals surface area contributed by atoms with Crippen LogP contribution < -0.4 is 10.1 Å². The third-order valence-corrected chi connectivity index (χ3v) is 5.66. The Morgan fingerprint density at radius 1 is 1.19 bits per heavy atom. The largest absolute Gasteiger partial charge is 0.490 e. The highest BCUT2D eigenvalue weighted by atomic mass is 16.5. The maximum Gasteiger partial charge on any atom is 0.120 e. The van der Waals surface area contributed by atoms with Gasteiger partial charge in [-0.1, -0.05) is 62.9 Å². The van der Waals surface area contributed by atoms with E-state index in [0.717, 1.165) is 12.2 Å². The van der Waals surface area contributed by atoms with Crippen molar-refractivity contribution in [2.75, 3.05) is 11.9 Å². The average Bonchev–Trinajstić information content (AvgIpc) is 3.16. The lowest BCUT2D eigenvalue weighted by Crippen LogP contribution is -2.29. The summed E-state index contributed by atoms with van der Waals surface area (Å²) in [5, 5.41) is 3.80. The molecule has 2 aromatic carbocycles. The Morgan fingerprint density at radius 3 is 2.73 bits per heavy atom. The van der Waals surface area contributed by atoms with Crippen LogP contribution in [0.3, 0.4) is 0 Å². The number of benzene rings is 2. The zero-order chi connectivity index (χ0) is 18.1. The molecule has 3 unspecified atom stereocenters. The van der Waals surface area contributed by atoms with Crippen molar-refractivity contribution in [2.45, 2.75) is 38.1 Å². The van der Waals surface area contributed by atoms with Crippen molar-refractivity contribution < 1.29 is 4.74 Å². The zero-order valence-corrected chi connectivity index (χ0v) is 15.6. The highest BCUT2D eigenvalue weighted by Crippen LogP contribution is 2.50. The molecule has 2 aromatic rings. The third kappa shape index (κ3) is 3.05. The van der Waals surface area contributed by atoms with Crippen LogP contribution >= 0.6 is 0 Å². The van der Waals surface area contributed by atoms with Crippen molar-refractivity contribution >= 4 is 5.69 Å². The van der Waals surface area contributed by atoms with Gasteiger partial charge in [0.05, 0.1) is 6.04 Å². The molecule has 2 aliphatic rings.